The van der Waals surface area contributed by atoms with E-state index >= 15 is 0 Å². The number of aromatic nitrogens is 1. The van der Waals surface area contributed by atoms with E-state index in [1.807, 2.05) is 43.3 Å². The minimum atomic E-state index is -1.05. The van der Waals surface area contributed by atoms with E-state index in [-0.39, 0.29) is 5.92 Å². The summed E-state index contributed by atoms with van der Waals surface area (Å²) in [6, 6.07) is 11.3. The summed E-state index contributed by atoms with van der Waals surface area (Å²) in [6.45, 7) is 3.87. The second-order valence-corrected chi connectivity index (χ2v) is 5.43. The quantitative estimate of drug-likeness (QED) is 0.887. The number of pyridine rings is 1. The molecule has 1 heterocycles. The van der Waals surface area contributed by atoms with Crippen molar-refractivity contribution >= 4 is 0 Å². The Hall–Kier alpha value is -2.07. The molecule has 1 aromatic carbocycles. The van der Waals surface area contributed by atoms with E-state index in [4.69, 9.17) is 9.47 Å². The molecule has 0 fully saturated rings. The molecule has 118 valence electrons. The van der Waals surface area contributed by atoms with E-state index in [9.17, 15) is 5.11 Å². The van der Waals surface area contributed by atoms with E-state index in [2.05, 4.69) is 11.9 Å². The maximum atomic E-state index is 11.1. The van der Waals surface area contributed by atoms with Crippen molar-refractivity contribution in [1.82, 2.24) is 4.98 Å². The molecule has 4 nitrogen and oxygen atoms in total. The molecule has 1 aromatic heterocycles. The maximum Gasteiger partial charge on any atom is 0.161 e. The van der Waals surface area contributed by atoms with Crippen molar-refractivity contribution in [2.45, 2.75) is 31.8 Å². The fraction of sp³-hybridized carbons (Fsp3) is 0.389. The van der Waals surface area contributed by atoms with Gasteiger partial charge in [-0.2, -0.15) is 0 Å². The van der Waals surface area contributed by atoms with Crippen LogP contribution in [0.1, 0.15) is 37.4 Å². The van der Waals surface area contributed by atoms with Crippen LogP contribution in [0.15, 0.2) is 42.6 Å². The normalized spacial score (nSPS) is 15.0. The van der Waals surface area contributed by atoms with E-state index in [1.165, 1.54) is 0 Å². The summed E-state index contributed by atoms with van der Waals surface area (Å²) < 4.78 is 10.6. The van der Waals surface area contributed by atoms with Gasteiger partial charge in [-0.25, -0.2) is 0 Å². The van der Waals surface area contributed by atoms with Gasteiger partial charge in [0.05, 0.1) is 19.8 Å². The number of hydrogen-bond acceptors (Lipinski definition) is 4. The monoisotopic (exact) mass is 301 g/mol. The predicted molar refractivity (Wildman–Crippen MR) is 86.4 cm³/mol. The average molecular weight is 301 g/mol. The molecule has 2 aromatic rings. The van der Waals surface area contributed by atoms with Gasteiger partial charge in [0.1, 0.15) is 0 Å². The summed E-state index contributed by atoms with van der Waals surface area (Å²) in [7, 11) is 3.19. The maximum absolute atomic E-state index is 11.1. The van der Waals surface area contributed by atoms with Gasteiger partial charge < -0.3 is 14.6 Å². The zero-order valence-corrected chi connectivity index (χ0v) is 13.5. The Morgan fingerprint density at radius 1 is 1.14 bits per heavy atom. The van der Waals surface area contributed by atoms with Gasteiger partial charge in [-0.3, -0.25) is 4.98 Å². The van der Waals surface area contributed by atoms with Gasteiger partial charge in [0, 0.05) is 17.8 Å². The highest BCUT2D eigenvalue weighted by Gasteiger charge is 2.35. The molecule has 0 spiro atoms. The van der Waals surface area contributed by atoms with Crippen molar-refractivity contribution in [3.8, 4) is 11.5 Å². The second kappa shape index (κ2) is 6.79. The molecule has 22 heavy (non-hydrogen) atoms. The largest absolute Gasteiger partial charge is 0.493 e. The van der Waals surface area contributed by atoms with Crippen LogP contribution in [0.4, 0.5) is 0 Å². The molecule has 2 atom stereocenters. The first-order valence-corrected chi connectivity index (χ1v) is 7.40. The number of hydrogen-bond donors (Lipinski definition) is 1. The molecule has 0 radical (unpaired) electrons. The second-order valence-electron chi connectivity index (χ2n) is 5.43. The number of nitrogens with zero attached hydrogens (tertiary/aromatic N) is 1. The molecule has 4 heteroatoms. The Morgan fingerprint density at radius 3 is 2.41 bits per heavy atom. The topological polar surface area (TPSA) is 51.6 Å². The summed E-state index contributed by atoms with van der Waals surface area (Å²) >= 11 is 0. The third-order valence-electron chi connectivity index (χ3n) is 4.10. The highest BCUT2D eigenvalue weighted by atomic mass is 16.5. The molecule has 0 amide bonds. The van der Waals surface area contributed by atoms with E-state index in [0.29, 0.717) is 11.5 Å². The molecule has 0 unspecified atom stereocenters. The zero-order valence-electron chi connectivity index (χ0n) is 13.5. The number of benzene rings is 1. The third kappa shape index (κ3) is 3.07. The van der Waals surface area contributed by atoms with Gasteiger partial charge in [-0.15, -0.1) is 0 Å². The van der Waals surface area contributed by atoms with E-state index in [0.717, 1.165) is 17.7 Å². The Labute approximate surface area is 131 Å². The molecule has 2 rings (SSSR count). The zero-order chi connectivity index (χ0) is 16.2. The number of ether oxygens (including phenoxy) is 2. The summed E-state index contributed by atoms with van der Waals surface area (Å²) in [6.07, 6.45) is 2.53. The molecule has 0 saturated carbocycles. The van der Waals surface area contributed by atoms with E-state index in [1.54, 1.807) is 20.4 Å². The summed E-state index contributed by atoms with van der Waals surface area (Å²) in [5.74, 6) is 1.15. The first-order chi connectivity index (χ1) is 10.5. The first kappa shape index (κ1) is 16.3. The molecule has 0 bridgehead atoms. The summed E-state index contributed by atoms with van der Waals surface area (Å²) in [5.41, 5.74) is 0.607. The average Bonchev–Trinajstić information content (AvgIpc) is 2.55. The van der Waals surface area contributed by atoms with Crippen molar-refractivity contribution < 1.29 is 14.6 Å². The Balaban J connectivity index is 2.44. The fourth-order valence-electron chi connectivity index (χ4n) is 2.83. The summed E-state index contributed by atoms with van der Waals surface area (Å²) in [4.78, 5) is 4.40. The lowest BCUT2D eigenvalue weighted by Gasteiger charge is -2.33. The molecular weight excluding hydrogens is 278 g/mol. The van der Waals surface area contributed by atoms with Crippen molar-refractivity contribution in [3.63, 3.8) is 0 Å². The molecule has 0 aliphatic heterocycles. The standard InChI is InChI=1S/C18H23NO3/c1-5-14(15-8-6-7-11-19-15)18(2,20)13-9-10-16(21-3)17(12-13)22-4/h6-12,14,20H,5H2,1-4H3/t14-,18-/m0/s1. The smallest absolute Gasteiger partial charge is 0.161 e. The van der Waals surface area contributed by atoms with Crippen molar-refractivity contribution in [3.05, 3.63) is 53.9 Å². The van der Waals surface area contributed by atoms with Crippen LogP contribution in [0.3, 0.4) is 0 Å². The van der Waals surface area contributed by atoms with Gasteiger partial charge in [0.25, 0.3) is 0 Å². The van der Waals surface area contributed by atoms with Crippen LogP contribution in [-0.4, -0.2) is 24.3 Å². The molecule has 1 N–H and O–H groups in total. The lowest BCUT2D eigenvalue weighted by atomic mass is 9.79. The fourth-order valence-corrected chi connectivity index (χ4v) is 2.83. The Morgan fingerprint density at radius 2 is 1.86 bits per heavy atom. The van der Waals surface area contributed by atoms with Gasteiger partial charge in [0.2, 0.25) is 0 Å². The van der Waals surface area contributed by atoms with Crippen molar-refractivity contribution in [2.75, 3.05) is 14.2 Å². The Kier molecular flexibility index (Phi) is 5.03. The first-order valence-electron chi connectivity index (χ1n) is 7.40. The lowest BCUT2D eigenvalue weighted by Crippen LogP contribution is -2.30. The van der Waals surface area contributed by atoms with Crippen molar-refractivity contribution in [2.24, 2.45) is 0 Å². The van der Waals surface area contributed by atoms with E-state index < -0.39 is 5.60 Å². The molecule has 0 saturated heterocycles. The minimum Gasteiger partial charge on any atom is -0.493 e. The number of methoxy groups -OCH3 is 2. The van der Waals surface area contributed by atoms with Crippen LogP contribution in [-0.2, 0) is 5.60 Å². The van der Waals surface area contributed by atoms with Gasteiger partial charge in [-0.1, -0.05) is 19.1 Å². The highest BCUT2D eigenvalue weighted by molar-refractivity contribution is 5.45. The highest BCUT2D eigenvalue weighted by Crippen LogP contribution is 2.41. The number of aliphatic hydroxyl groups is 1. The summed E-state index contributed by atoms with van der Waals surface area (Å²) in [5, 5.41) is 11.1. The lowest BCUT2D eigenvalue weighted by molar-refractivity contribution is 0.0233. The van der Waals surface area contributed by atoms with Crippen LogP contribution >= 0.6 is 0 Å². The van der Waals surface area contributed by atoms with Gasteiger partial charge in [0.15, 0.2) is 11.5 Å². The Bertz CT molecular complexity index is 611. The third-order valence-corrected chi connectivity index (χ3v) is 4.10. The van der Waals surface area contributed by atoms with Crippen LogP contribution < -0.4 is 9.47 Å². The van der Waals surface area contributed by atoms with Crippen LogP contribution in [0.2, 0.25) is 0 Å². The predicted octanol–water partition coefficient (Wildman–Crippen LogP) is 3.50. The van der Waals surface area contributed by atoms with Crippen LogP contribution in [0.5, 0.6) is 11.5 Å². The molecule has 0 aliphatic rings. The van der Waals surface area contributed by atoms with Crippen molar-refractivity contribution in [1.29, 1.82) is 0 Å². The SMILES string of the molecule is CC[C@@H](c1ccccn1)[C@@](C)(O)c1ccc(OC)c(OC)c1. The van der Waals surface area contributed by atoms with Crippen LogP contribution in [0, 0.1) is 0 Å². The molecular formula is C18H23NO3. The minimum absolute atomic E-state index is 0.105. The molecule has 0 aliphatic carbocycles. The van der Waals surface area contributed by atoms with Gasteiger partial charge in [-0.05, 0) is 43.2 Å². The number of rotatable bonds is 6. The van der Waals surface area contributed by atoms with Crippen LogP contribution in [0.25, 0.3) is 0 Å². The van der Waals surface area contributed by atoms with Gasteiger partial charge >= 0.3 is 0 Å².